The largest absolute Gasteiger partial charge is 2.00 e. The second kappa shape index (κ2) is 12.8. The van der Waals surface area contributed by atoms with Gasteiger partial charge >= 0.3 is 59.2 Å². The van der Waals surface area contributed by atoms with E-state index in [1.54, 1.807) is 6.07 Å². The third-order valence-corrected chi connectivity index (χ3v) is 1.11. The fraction of sp³-hybridized carbons (Fsp3) is 0.0769. The Hall–Kier alpha value is 0.383. The van der Waals surface area contributed by atoms with Gasteiger partial charge in [-0.25, -0.2) is 0 Å². The molecule has 0 N–H and O–H groups in total. The van der Waals surface area contributed by atoms with Crippen molar-refractivity contribution in [2.45, 2.75) is 6.92 Å². The van der Waals surface area contributed by atoms with E-state index in [0.717, 1.165) is 0 Å². The van der Waals surface area contributed by atoms with Gasteiger partial charge in [0.1, 0.15) is 0 Å². The maximum Gasteiger partial charge on any atom is 2.00 e. The zero-order valence-corrected chi connectivity index (χ0v) is 15.3. The van der Waals surface area contributed by atoms with Crippen LogP contribution in [0.15, 0.2) is 0 Å². The molecule has 2 rings (SSSR count). The molecule has 124 valence electrons. The van der Waals surface area contributed by atoms with Crippen molar-refractivity contribution in [3.63, 3.8) is 0 Å². The van der Waals surface area contributed by atoms with Crippen molar-refractivity contribution in [1.82, 2.24) is 0 Å². The van der Waals surface area contributed by atoms with Gasteiger partial charge in [-0.05, 0) is 64.2 Å². The molecule has 2 aliphatic rings. The van der Waals surface area contributed by atoms with Gasteiger partial charge in [0.05, 0.1) is 6.07 Å². The van der Waals surface area contributed by atoms with Crippen molar-refractivity contribution >= 4 is 7.81 Å². The summed E-state index contributed by atoms with van der Waals surface area (Å²) in [6.07, 6.45) is 20.0. The summed E-state index contributed by atoms with van der Waals surface area (Å²) < 4.78 is 59.2. The zero-order chi connectivity index (χ0) is 16.2. The molecule has 0 heterocycles. The molecule has 22 heavy (non-hydrogen) atoms. The average Bonchev–Trinajstić information content (AvgIpc) is 2.94. The minimum atomic E-state index is -10.7. The van der Waals surface area contributed by atoms with Crippen LogP contribution in [-0.4, -0.2) is 0 Å². The maximum atomic E-state index is 9.87. The van der Waals surface area contributed by atoms with E-state index < -0.39 is 7.81 Å². The van der Waals surface area contributed by atoms with E-state index in [9.17, 15) is 25.2 Å². The summed E-state index contributed by atoms with van der Waals surface area (Å²) in [6.45, 7) is 1.43. The van der Waals surface area contributed by atoms with Crippen molar-refractivity contribution < 1.29 is 51.4 Å². The van der Waals surface area contributed by atoms with Crippen LogP contribution in [0, 0.1) is 83.0 Å². The second-order valence-electron chi connectivity index (χ2n) is 3.11. The molecule has 0 aliphatic heterocycles. The summed E-state index contributed by atoms with van der Waals surface area (Å²) in [5.74, 6) is 0. The Kier molecular flexibility index (Phi) is 17.6. The quantitative estimate of drug-likeness (QED) is 0.252. The summed E-state index contributed by atoms with van der Waals surface area (Å²) in [5, 5.41) is 7.32. The third kappa shape index (κ3) is 71.0. The number of nitrogens with zero attached hydrogens (tertiary/aromatic N) is 1. The van der Waals surface area contributed by atoms with Crippen LogP contribution in [0.4, 0.5) is 25.2 Å². The molecule has 9 heteroatoms. The van der Waals surface area contributed by atoms with E-state index in [2.05, 4.69) is 0 Å². The Morgan fingerprint density at radius 3 is 0.727 bits per heavy atom. The molecule has 0 amide bonds. The predicted octanol–water partition coefficient (Wildman–Crippen LogP) is 6.40. The Morgan fingerprint density at radius 1 is 0.636 bits per heavy atom. The topological polar surface area (TPSA) is 23.8 Å². The first-order chi connectivity index (χ1) is 8.86. The Balaban J connectivity index is -0.0000000984. The first-order valence-corrected chi connectivity index (χ1v) is 7.10. The normalized spacial score (nSPS) is 18.6. The van der Waals surface area contributed by atoms with Gasteiger partial charge in [0.15, 0.2) is 0 Å². The third-order valence-electron chi connectivity index (χ3n) is 1.11. The molecule has 0 aromatic heterocycles. The molecule has 2 fully saturated rings. The van der Waals surface area contributed by atoms with Crippen molar-refractivity contribution in [3.8, 4) is 6.07 Å². The number of nitriles is 1. The Bertz CT molecular complexity index is 240. The van der Waals surface area contributed by atoms with Gasteiger partial charge in [0.2, 0.25) is 0 Å². The van der Waals surface area contributed by atoms with Gasteiger partial charge in [-0.1, -0.05) is 0 Å². The Labute approximate surface area is 149 Å². The van der Waals surface area contributed by atoms with Gasteiger partial charge in [-0.2, -0.15) is 5.26 Å². The summed E-state index contributed by atoms with van der Waals surface area (Å²) in [7, 11) is -10.7. The van der Waals surface area contributed by atoms with Crippen LogP contribution in [0.2, 0.25) is 0 Å². The van der Waals surface area contributed by atoms with Crippen LogP contribution in [0.5, 0.6) is 0 Å². The SMILES string of the molecule is CC#N.F[P-](F)(F)(F)(F)F.[CH3-].[CH]1[CH][CH][CH][CH]1.[CH]1[CH][CH][CH][CH]1.[Zr+2]. The smallest absolute Gasteiger partial charge is 0.358 e. The molecule has 0 bridgehead atoms. The molecule has 1 nitrogen and oxygen atoms in total. The van der Waals surface area contributed by atoms with Gasteiger partial charge in [0.25, 0.3) is 0 Å². The summed E-state index contributed by atoms with van der Waals surface area (Å²) >= 11 is 0. The molecule has 2 saturated carbocycles. The van der Waals surface area contributed by atoms with Crippen molar-refractivity contribution in [2.75, 3.05) is 0 Å². The Morgan fingerprint density at radius 2 is 0.682 bits per heavy atom. The standard InChI is InChI=1S/2C5H5.C2H3N.CH3.F6P.Zr/c2*1-2-4-5-3-1;1-2-3;;1-7(2,3,4,5)6;/h2*1-5H;1H3;1H3;;/q;;;2*-1;+2. The molecule has 0 saturated heterocycles. The van der Waals surface area contributed by atoms with Crippen LogP contribution in [-0.2, 0) is 26.2 Å². The summed E-state index contributed by atoms with van der Waals surface area (Å²) in [4.78, 5) is 0. The monoisotopic (exact) mass is 421 g/mol. The number of rotatable bonds is 0. The molecular weight excluding hydrogens is 406 g/mol. The summed E-state index contributed by atoms with van der Waals surface area (Å²) in [5.41, 5.74) is 0. The van der Waals surface area contributed by atoms with E-state index in [4.69, 9.17) is 5.26 Å². The summed E-state index contributed by atoms with van der Waals surface area (Å²) in [6, 6.07) is 1.75. The first-order valence-electron chi connectivity index (χ1n) is 5.07. The van der Waals surface area contributed by atoms with E-state index in [0.29, 0.717) is 0 Å². The molecule has 0 spiro atoms. The number of hydrogen-bond acceptors (Lipinski definition) is 1. The first kappa shape index (κ1) is 30.3. The fourth-order valence-corrected chi connectivity index (χ4v) is 0.642. The van der Waals surface area contributed by atoms with E-state index in [-0.39, 0.29) is 33.6 Å². The van der Waals surface area contributed by atoms with Gasteiger partial charge in [-0.3, -0.25) is 0 Å². The van der Waals surface area contributed by atoms with E-state index in [1.165, 1.54) is 6.92 Å². The van der Waals surface area contributed by atoms with Gasteiger partial charge in [0, 0.05) is 6.92 Å². The molecule has 0 aromatic carbocycles. The number of halogens is 6. The van der Waals surface area contributed by atoms with Gasteiger partial charge in [-0.15, -0.1) is 0 Å². The van der Waals surface area contributed by atoms with Crippen LogP contribution in [0.3, 0.4) is 0 Å². The zero-order valence-electron chi connectivity index (χ0n) is 11.9. The van der Waals surface area contributed by atoms with Crippen LogP contribution in [0.25, 0.3) is 0 Å². The second-order valence-corrected chi connectivity index (χ2v) is 5.02. The molecule has 0 atom stereocenters. The molecule has 0 aromatic rings. The number of hydrogen-bond donors (Lipinski definition) is 0. The van der Waals surface area contributed by atoms with Crippen LogP contribution < -0.4 is 0 Å². The van der Waals surface area contributed by atoms with Crippen molar-refractivity contribution in [3.05, 3.63) is 71.6 Å². The van der Waals surface area contributed by atoms with Crippen LogP contribution >= 0.6 is 7.81 Å². The van der Waals surface area contributed by atoms with Crippen molar-refractivity contribution in [1.29, 1.82) is 5.26 Å². The van der Waals surface area contributed by atoms with Gasteiger partial charge < -0.3 is 7.43 Å². The predicted molar refractivity (Wildman–Crippen MR) is 74.3 cm³/mol. The fourth-order valence-electron chi connectivity index (χ4n) is 0.642. The average molecular weight is 422 g/mol. The van der Waals surface area contributed by atoms with Crippen LogP contribution in [0.1, 0.15) is 6.92 Å². The van der Waals surface area contributed by atoms with E-state index in [1.807, 2.05) is 64.2 Å². The van der Waals surface area contributed by atoms with E-state index >= 15 is 0 Å². The maximum absolute atomic E-state index is 10.7. The molecule has 10 radical (unpaired) electrons. The van der Waals surface area contributed by atoms with Crippen molar-refractivity contribution in [2.24, 2.45) is 0 Å². The minimum absolute atomic E-state index is 0. The molecule has 2 aliphatic carbocycles. The molecule has 0 unspecified atom stereocenters. The molecular formula is C13H16F6NPZr. The minimum Gasteiger partial charge on any atom is -0.358 e.